The fourth-order valence-electron chi connectivity index (χ4n) is 2.50. The minimum Gasteiger partial charge on any atom is -0.361 e. The third-order valence-electron chi connectivity index (χ3n) is 3.77. The maximum absolute atomic E-state index is 11.7. The van der Waals surface area contributed by atoms with Crippen molar-refractivity contribution in [2.45, 2.75) is 51.9 Å². The Hall–Kier alpha value is -2.10. The smallest absolute Gasteiger partial charge is 0.240 e. The molecule has 0 aliphatic heterocycles. The molecule has 4 nitrogen and oxygen atoms in total. The highest BCUT2D eigenvalue weighted by atomic mass is 16.2. The van der Waals surface area contributed by atoms with Crippen molar-refractivity contribution >= 4 is 23.0 Å². The van der Waals surface area contributed by atoms with E-state index in [1.165, 1.54) is 25.7 Å². The third kappa shape index (κ3) is 5.02. The normalized spacial score (nSPS) is 11.3. The molecular formula is C18H25N3O. The van der Waals surface area contributed by atoms with Crippen molar-refractivity contribution in [2.24, 2.45) is 5.10 Å². The molecule has 2 aromatic rings. The predicted octanol–water partition coefficient (Wildman–Crippen LogP) is 4.37. The minimum absolute atomic E-state index is 0.00779. The van der Waals surface area contributed by atoms with Crippen LogP contribution in [0.15, 0.2) is 35.6 Å². The van der Waals surface area contributed by atoms with Gasteiger partial charge in [0.1, 0.15) is 0 Å². The van der Waals surface area contributed by atoms with E-state index < -0.39 is 0 Å². The van der Waals surface area contributed by atoms with E-state index >= 15 is 0 Å². The lowest BCUT2D eigenvalue weighted by Gasteiger charge is -2.00. The number of hydrogen-bond donors (Lipinski definition) is 2. The summed E-state index contributed by atoms with van der Waals surface area (Å²) in [6.45, 7) is 2.21. The zero-order valence-corrected chi connectivity index (χ0v) is 13.3. The molecule has 2 N–H and O–H groups in total. The van der Waals surface area contributed by atoms with Crippen LogP contribution in [0, 0.1) is 0 Å². The third-order valence-corrected chi connectivity index (χ3v) is 3.77. The number of nitrogens with zero attached hydrogens (tertiary/aromatic N) is 1. The fraction of sp³-hybridized carbons (Fsp3) is 0.444. The first-order chi connectivity index (χ1) is 10.8. The van der Waals surface area contributed by atoms with Gasteiger partial charge in [-0.15, -0.1) is 0 Å². The van der Waals surface area contributed by atoms with Crippen LogP contribution in [0.2, 0.25) is 0 Å². The van der Waals surface area contributed by atoms with E-state index in [2.05, 4.69) is 22.4 Å². The zero-order valence-electron chi connectivity index (χ0n) is 13.3. The van der Waals surface area contributed by atoms with E-state index in [9.17, 15) is 4.79 Å². The molecule has 1 heterocycles. The summed E-state index contributed by atoms with van der Waals surface area (Å²) < 4.78 is 0. The SMILES string of the molecule is CCCCCCCCC(=O)NN=Cc1c[nH]c2ccccc12. The first-order valence-electron chi connectivity index (χ1n) is 8.19. The Labute approximate surface area is 132 Å². The Morgan fingerprint density at radius 1 is 1.18 bits per heavy atom. The van der Waals surface area contributed by atoms with Gasteiger partial charge in [-0.3, -0.25) is 4.79 Å². The van der Waals surface area contributed by atoms with Gasteiger partial charge in [0, 0.05) is 29.1 Å². The molecule has 0 bridgehead atoms. The molecule has 0 radical (unpaired) electrons. The second-order valence-corrected chi connectivity index (χ2v) is 5.60. The van der Waals surface area contributed by atoms with Crippen LogP contribution in [0.25, 0.3) is 10.9 Å². The van der Waals surface area contributed by atoms with Gasteiger partial charge in [0.25, 0.3) is 0 Å². The first-order valence-corrected chi connectivity index (χ1v) is 8.19. The van der Waals surface area contributed by atoms with Gasteiger partial charge in [-0.25, -0.2) is 5.43 Å². The maximum atomic E-state index is 11.7. The van der Waals surface area contributed by atoms with E-state index in [1.54, 1.807) is 6.21 Å². The number of para-hydroxylation sites is 1. The molecule has 0 spiro atoms. The van der Waals surface area contributed by atoms with Gasteiger partial charge in [-0.2, -0.15) is 5.10 Å². The molecule has 0 saturated heterocycles. The van der Waals surface area contributed by atoms with Crippen molar-refractivity contribution in [3.8, 4) is 0 Å². The Bertz CT molecular complexity index is 616. The topological polar surface area (TPSA) is 57.2 Å². The summed E-state index contributed by atoms with van der Waals surface area (Å²) in [5, 5.41) is 5.16. The van der Waals surface area contributed by atoms with Crippen LogP contribution in [-0.4, -0.2) is 17.1 Å². The highest BCUT2D eigenvalue weighted by molar-refractivity contribution is 5.99. The average molecular weight is 299 g/mol. The van der Waals surface area contributed by atoms with Crippen LogP contribution in [0.5, 0.6) is 0 Å². The number of unbranched alkanes of at least 4 members (excludes halogenated alkanes) is 5. The highest BCUT2D eigenvalue weighted by Gasteiger charge is 2.01. The van der Waals surface area contributed by atoms with Gasteiger partial charge in [0.15, 0.2) is 0 Å². The molecule has 1 aromatic carbocycles. The standard InChI is InChI=1S/C18H25N3O/c1-2-3-4-5-6-7-12-18(22)21-20-14-15-13-19-17-11-9-8-10-16(15)17/h8-11,13-14,19H,2-7,12H2,1H3,(H,21,22). The molecule has 0 atom stereocenters. The summed E-state index contributed by atoms with van der Waals surface area (Å²) in [5.41, 5.74) is 4.66. The van der Waals surface area contributed by atoms with Crippen LogP contribution >= 0.6 is 0 Å². The molecule has 0 unspecified atom stereocenters. The summed E-state index contributed by atoms with van der Waals surface area (Å²) in [6.07, 6.45) is 11.3. The van der Waals surface area contributed by atoms with Gasteiger partial charge in [0.05, 0.1) is 6.21 Å². The van der Waals surface area contributed by atoms with Crippen LogP contribution in [0.4, 0.5) is 0 Å². The zero-order chi connectivity index (χ0) is 15.6. The Kier molecular flexibility index (Phi) is 6.68. The fourth-order valence-corrected chi connectivity index (χ4v) is 2.50. The summed E-state index contributed by atoms with van der Waals surface area (Å²) in [7, 11) is 0. The molecule has 0 saturated carbocycles. The van der Waals surface area contributed by atoms with E-state index in [-0.39, 0.29) is 5.91 Å². The van der Waals surface area contributed by atoms with Crippen LogP contribution in [0.1, 0.15) is 57.4 Å². The number of hydrogen-bond acceptors (Lipinski definition) is 2. The first kappa shape index (κ1) is 16.3. The highest BCUT2D eigenvalue weighted by Crippen LogP contribution is 2.15. The van der Waals surface area contributed by atoms with Gasteiger partial charge in [0.2, 0.25) is 5.91 Å². The largest absolute Gasteiger partial charge is 0.361 e. The minimum atomic E-state index is -0.00779. The molecule has 1 aromatic heterocycles. The van der Waals surface area contributed by atoms with Crippen LogP contribution in [-0.2, 0) is 4.79 Å². The molecular weight excluding hydrogens is 274 g/mol. The van der Waals surface area contributed by atoms with Gasteiger partial charge < -0.3 is 4.98 Å². The number of carbonyl (C=O) groups is 1. The molecule has 118 valence electrons. The van der Waals surface area contributed by atoms with Gasteiger partial charge in [-0.05, 0) is 12.5 Å². The predicted molar refractivity (Wildman–Crippen MR) is 92.0 cm³/mol. The molecule has 1 amide bonds. The van der Waals surface area contributed by atoms with Gasteiger partial charge in [-0.1, -0.05) is 57.2 Å². The van der Waals surface area contributed by atoms with Crippen LogP contribution < -0.4 is 5.43 Å². The number of aromatic amines is 1. The number of hydrazone groups is 1. The Morgan fingerprint density at radius 2 is 1.95 bits per heavy atom. The van der Waals surface area contributed by atoms with Crippen molar-refractivity contribution in [3.05, 3.63) is 36.0 Å². The molecule has 22 heavy (non-hydrogen) atoms. The molecule has 2 rings (SSSR count). The van der Waals surface area contributed by atoms with E-state index in [1.807, 2.05) is 30.5 Å². The summed E-state index contributed by atoms with van der Waals surface area (Å²) in [4.78, 5) is 14.9. The summed E-state index contributed by atoms with van der Waals surface area (Å²) >= 11 is 0. The molecule has 0 aliphatic rings. The number of nitrogens with one attached hydrogen (secondary N) is 2. The maximum Gasteiger partial charge on any atom is 0.240 e. The van der Waals surface area contributed by atoms with Crippen molar-refractivity contribution in [1.82, 2.24) is 10.4 Å². The number of carbonyl (C=O) groups excluding carboxylic acids is 1. The van der Waals surface area contributed by atoms with Crippen molar-refractivity contribution in [1.29, 1.82) is 0 Å². The molecule has 0 aliphatic carbocycles. The second-order valence-electron chi connectivity index (χ2n) is 5.60. The van der Waals surface area contributed by atoms with Crippen molar-refractivity contribution in [3.63, 3.8) is 0 Å². The number of aromatic nitrogens is 1. The number of rotatable bonds is 9. The lowest BCUT2D eigenvalue weighted by molar-refractivity contribution is -0.121. The van der Waals surface area contributed by atoms with Gasteiger partial charge >= 0.3 is 0 Å². The quantitative estimate of drug-likeness (QED) is 0.403. The Morgan fingerprint density at radius 3 is 2.82 bits per heavy atom. The van der Waals surface area contributed by atoms with Crippen molar-refractivity contribution in [2.75, 3.05) is 0 Å². The summed E-state index contributed by atoms with van der Waals surface area (Å²) in [5.74, 6) is -0.00779. The molecule has 0 fully saturated rings. The molecule has 4 heteroatoms. The lowest BCUT2D eigenvalue weighted by atomic mass is 10.1. The number of H-pyrrole nitrogens is 1. The van der Waals surface area contributed by atoms with E-state index in [0.29, 0.717) is 6.42 Å². The van der Waals surface area contributed by atoms with Crippen LogP contribution in [0.3, 0.4) is 0 Å². The number of fused-ring (bicyclic) bond motifs is 1. The number of amides is 1. The monoisotopic (exact) mass is 299 g/mol. The summed E-state index contributed by atoms with van der Waals surface area (Å²) in [6, 6.07) is 8.03. The van der Waals surface area contributed by atoms with Crippen molar-refractivity contribution < 1.29 is 4.79 Å². The second kappa shape index (κ2) is 9.03. The lowest BCUT2D eigenvalue weighted by Crippen LogP contribution is -2.16. The number of benzene rings is 1. The van der Waals surface area contributed by atoms with E-state index in [0.717, 1.165) is 29.3 Å². The Balaban J connectivity index is 1.70. The average Bonchev–Trinajstić information content (AvgIpc) is 2.94. The van der Waals surface area contributed by atoms with E-state index in [4.69, 9.17) is 0 Å².